The first-order valence-electron chi connectivity index (χ1n) is 10.2. The van der Waals surface area contributed by atoms with E-state index < -0.39 is 5.91 Å². The van der Waals surface area contributed by atoms with Gasteiger partial charge in [0.25, 0.3) is 5.91 Å². The maximum absolute atomic E-state index is 11.8. The number of carbonyl (C=O) groups excluding carboxylic acids is 1. The molecule has 1 saturated heterocycles. The molecule has 1 spiro atoms. The van der Waals surface area contributed by atoms with Crippen molar-refractivity contribution in [2.45, 2.75) is 18.9 Å². The Kier molecular flexibility index (Phi) is 4.91. The summed E-state index contributed by atoms with van der Waals surface area (Å²) in [5, 5.41) is 6.65. The van der Waals surface area contributed by atoms with Crippen LogP contribution in [0.25, 0.3) is 0 Å². The molecule has 0 radical (unpaired) electrons. The summed E-state index contributed by atoms with van der Waals surface area (Å²) in [5.41, 5.74) is 6.05. The van der Waals surface area contributed by atoms with Crippen molar-refractivity contribution in [3.63, 3.8) is 0 Å². The summed E-state index contributed by atoms with van der Waals surface area (Å²) in [7, 11) is 0. The number of para-hydroxylation sites is 1. The number of amides is 1. The second-order valence-corrected chi connectivity index (χ2v) is 8.12. The van der Waals surface area contributed by atoms with Crippen LogP contribution in [0.2, 0.25) is 0 Å². The lowest BCUT2D eigenvalue weighted by molar-refractivity contribution is 0.0467. The Morgan fingerprint density at radius 1 is 1.00 bits per heavy atom. The van der Waals surface area contributed by atoms with Crippen molar-refractivity contribution in [2.75, 3.05) is 18.4 Å². The molecule has 1 amide bonds. The van der Waals surface area contributed by atoms with E-state index in [9.17, 15) is 4.79 Å². The maximum Gasteiger partial charge on any atom is 0.255 e. The third-order valence-electron chi connectivity index (χ3n) is 5.73. The Bertz CT molecular complexity index is 1080. The van der Waals surface area contributed by atoms with Crippen LogP contribution in [0, 0.1) is 5.41 Å². The number of benzene rings is 2. The molecule has 2 aliphatic rings. The number of nitrogens with two attached hydrogens (primary N) is 1. The average Bonchev–Trinajstić information content (AvgIpc) is 2.71. The molecule has 8 heteroatoms. The molecule has 158 valence electrons. The monoisotopic (exact) mass is 417 g/mol. The maximum atomic E-state index is 11.8. The van der Waals surface area contributed by atoms with E-state index in [2.05, 4.69) is 20.6 Å². The van der Waals surface area contributed by atoms with E-state index in [0.717, 1.165) is 31.7 Å². The molecule has 2 fully saturated rings. The number of hydrogen-bond acceptors (Lipinski definition) is 7. The molecule has 1 aromatic heterocycles. The van der Waals surface area contributed by atoms with E-state index in [1.54, 1.807) is 24.3 Å². The van der Waals surface area contributed by atoms with Gasteiger partial charge in [0.15, 0.2) is 0 Å². The second-order valence-electron chi connectivity index (χ2n) is 8.12. The number of anilines is 1. The van der Waals surface area contributed by atoms with Crippen LogP contribution in [0.3, 0.4) is 0 Å². The lowest BCUT2D eigenvalue weighted by Gasteiger charge is -2.54. The summed E-state index contributed by atoms with van der Waals surface area (Å²) in [5.74, 6) is 1.83. The smallest absolute Gasteiger partial charge is 0.255 e. The molecule has 1 aliphatic heterocycles. The Balaban J connectivity index is 1.28. The summed E-state index contributed by atoms with van der Waals surface area (Å²) >= 11 is 0. The topological polar surface area (TPSA) is 111 Å². The minimum Gasteiger partial charge on any atom is -0.457 e. The van der Waals surface area contributed by atoms with Gasteiger partial charge in [-0.2, -0.15) is 4.98 Å². The highest BCUT2D eigenvalue weighted by Gasteiger charge is 2.48. The quantitative estimate of drug-likeness (QED) is 0.541. The standard InChI is InChI=1S/C23H23N5O3/c24-20(29)19-12-26-22(27-15-10-23(11-15)13-25-14-23)28-21(19)31-18-8-6-17(7-9-18)30-16-4-2-1-3-5-16/h1-9,12,15,25H,10-11,13-14H2,(H2,24,29)(H,26,27,28). The van der Waals surface area contributed by atoms with Crippen molar-refractivity contribution < 1.29 is 14.3 Å². The molecular formula is C23H23N5O3. The number of primary amides is 1. The SMILES string of the molecule is NC(=O)c1cnc(NC2CC3(CNC3)C2)nc1Oc1ccc(Oc2ccccc2)cc1. The highest BCUT2D eigenvalue weighted by atomic mass is 16.5. The predicted octanol–water partition coefficient (Wildman–Crippen LogP) is 3.32. The summed E-state index contributed by atoms with van der Waals surface area (Å²) in [6.07, 6.45) is 3.57. The molecule has 5 rings (SSSR count). The number of ether oxygens (including phenoxy) is 2. The molecule has 1 aliphatic carbocycles. The number of nitrogens with zero attached hydrogens (tertiary/aromatic N) is 2. The van der Waals surface area contributed by atoms with E-state index >= 15 is 0 Å². The zero-order chi connectivity index (χ0) is 21.3. The Hall–Kier alpha value is -3.65. The summed E-state index contributed by atoms with van der Waals surface area (Å²) < 4.78 is 11.7. The molecule has 0 bridgehead atoms. The molecular weight excluding hydrogens is 394 g/mol. The molecule has 1 saturated carbocycles. The number of carbonyl (C=O) groups is 1. The molecule has 0 atom stereocenters. The average molecular weight is 417 g/mol. The fourth-order valence-electron chi connectivity index (χ4n) is 4.03. The molecule has 31 heavy (non-hydrogen) atoms. The van der Waals surface area contributed by atoms with Crippen LogP contribution >= 0.6 is 0 Å². The number of hydrogen-bond donors (Lipinski definition) is 3. The molecule has 4 N–H and O–H groups in total. The van der Waals surface area contributed by atoms with Gasteiger partial charge in [-0.1, -0.05) is 18.2 Å². The first-order valence-corrected chi connectivity index (χ1v) is 10.2. The van der Waals surface area contributed by atoms with Gasteiger partial charge in [0.05, 0.1) is 0 Å². The van der Waals surface area contributed by atoms with Gasteiger partial charge in [-0.05, 0) is 54.7 Å². The third-order valence-corrected chi connectivity index (χ3v) is 5.73. The van der Waals surface area contributed by atoms with E-state index in [1.165, 1.54) is 6.20 Å². The van der Waals surface area contributed by atoms with Crippen molar-refractivity contribution >= 4 is 11.9 Å². The first-order chi connectivity index (χ1) is 15.1. The summed E-state index contributed by atoms with van der Waals surface area (Å²) in [6.45, 7) is 2.15. The second kappa shape index (κ2) is 7.88. The van der Waals surface area contributed by atoms with Gasteiger partial charge in [0, 0.05) is 25.3 Å². The van der Waals surface area contributed by atoms with Crippen molar-refractivity contribution in [1.29, 1.82) is 0 Å². The van der Waals surface area contributed by atoms with Crippen molar-refractivity contribution in [3.8, 4) is 23.1 Å². The highest BCUT2D eigenvalue weighted by molar-refractivity contribution is 5.94. The molecule has 8 nitrogen and oxygen atoms in total. The van der Waals surface area contributed by atoms with Gasteiger partial charge in [0.1, 0.15) is 22.8 Å². The van der Waals surface area contributed by atoms with Gasteiger partial charge in [0.2, 0.25) is 11.8 Å². The number of aromatic nitrogens is 2. The zero-order valence-corrected chi connectivity index (χ0v) is 16.9. The van der Waals surface area contributed by atoms with Crippen LogP contribution in [0.15, 0.2) is 60.8 Å². The minimum atomic E-state index is -0.645. The predicted molar refractivity (Wildman–Crippen MR) is 116 cm³/mol. The lowest BCUT2D eigenvalue weighted by atomic mass is 9.62. The fourth-order valence-corrected chi connectivity index (χ4v) is 4.03. The van der Waals surface area contributed by atoms with Gasteiger partial charge < -0.3 is 25.8 Å². The van der Waals surface area contributed by atoms with Crippen LogP contribution in [0.1, 0.15) is 23.2 Å². The van der Waals surface area contributed by atoms with Crippen LogP contribution in [-0.4, -0.2) is 35.0 Å². The van der Waals surface area contributed by atoms with E-state index in [1.807, 2.05) is 30.3 Å². The van der Waals surface area contributed by atoms with Crippen LogP contribution in [-0.2, 0) is 0 Å². The summed E-state index contributed by atoms with van der Waals surface area (Å²) in [4.78, 5) is 20.5. The van der Waals surface area contributed by atoms with Crippen molar-refractivity contribution in [3.05, 3.63) is 66.4 Å². The Labute approximate surface area is 179 Å². The zero-order valence-electron chi connectivity index (χ0n) is 16.9. The van der Waals surface area contributed by atoms with Crippen LogP contribution in [0.5, 0.6) is 23.1 Å². The van der Waals surface area contributed by atoms with E-state index in [4.69, 9.17) is 15.2 Å². The largest absolute Gasteiger partial charge is 0.457 e. The minimum absolute atomic E-state index is 0.126. The third kappa shape index (κ3) is 4.15. The Morgan fingerprint density at radius 3 is 2.26 bits per heavy atom. The summed E-state index contributed by atoms with van der Waals surface area (Å²) in [6, 6.07) is 16.9. The molecule has 2 aromatic carbocycles. The lowest BCUT2D eigenvalue weighted by Crippen LogP contribution is -2.63. The fraction of sp³-hybridized carbons (Fsp3) is 0.261. The van der Waals surface area contributed by atoms with Gasteiger partial charge in [-0.25, -0.2) is 4.98 Å². The molecule has 0 unspecified atom stereocenters. The number of rotatable bonds is 7. The highest BCUT2D eigenvalue weighted by Crippen LogP contribution is 2.45. The normalized spacial score (nSPS) is 16.8. The van der Waals surface area contributed by atoms with Crippen molar-refractivity contribution in [2.24, 2.45) is 11.1 Å². The van der Waals surface area contributed by atoms with E-state index in [0.29, 0.717) is 28.9 Å². The van der Waals surface area contributed by atoms with Crippen molar-refractivity contribution in [1.82, 2.24) is 15.3 Å². The Morgan fingerprint density at radius 2 is 1.65 bits per heavy atom. The van der Waals surface area contributed by atoms with E-state index in [-0.39, 0.29) is 11.4 Å². The van der Waals surface area contributed by atoms with Gasteiger partial charge in [-0.15, -0.1) is 0 Å². The van der Waals surface area contributed by atoms with Gasteiger partial charge in [-0.3, -0.25) is 4.79 Å². The van der Waals surface area contributed by atoms with Gasteiger partial charge >= 0.3 is 0 Å². The number of nitrogens with one attached hydrogen (secondary N) is 2. The molecule has 2 heterocycles. The molecule has 3 aromatic rings. The van der Waals surface area contributed by atoms with Crippen LogP contribution in [0.4, 0.5) is 5.95 Å². The van der Waals surface area contributed by atoms with Crippen LogP contribution < -0.4 is 25.8 Å². The first kappa shape index (κ1) is 19.3.